The number of aromatic hydroxyl groups is 1. The Morgan fingerprint density at radius 2 is 1.69 bits per heavy atom. The molecule has 0 aliphatic heterocycles. The van der Waals surface area contributed by atoms with Crippen molar-refractivity contribution >= 4 is 16.1 Å². The fraction of sp³-hybridized carbons (Fsp3) is 0.611. The number of phenolic OH excluding ortho intramolecular Hbond substituents is 1. The summed E-state index contributed by atoms with van der Waals surface area (Å²) in [6.07, 6.45) is -0.0578. The standard InChI is InChI=1S/C18H29NO6S/c1-17(2,3)15(19)14(25-26(7,22)23)11-8-9-13(12(20)10-11)24-16(21)18(4,5)6/h8-10,14-15,20H,19H2,1-7H3. The third kappa shape index (κ3) is 6.26. The largest absolute Gasteiger partial charge is 0.504 e. The van der Waals surface area contributed by atoms with Gasteiger partial charge in [0.25, 0.3) is 10.1 Å². The molecule has 1 aromatic rings. The topological polar surface area (TPSA) is 116 Å². The first kappa shape index (κ1) is 22.4. The molecule has 1 aromatic carbocycles. The molecule has 0 fully saturated rings. The smallest absolute Gasteiger partial charge is 0.316 e. The van der Waals surface area contributed by atoms with Crippen LogP contribution in [0.2, 0.25) is 0 Å². The van der Waals surface area contributed by atoms with Crippen LogP contribution in [0.1, 0.15) is 53.2 Å². The highest BCUT2D eigenvalue weighted by molar-refractivity contribution is 7.86. The average molecular weight is 387 g/mol. The maximum atomic E-state index is 12.0. The zero-order valence-corrected chi connectivity index (χ0v) is 17.2. The summed E-state index contributed by atoms with van der Waals surface area (Å²) in [7, 11) is -3.79. The van der Waals surface area contributed by atoms with Crippen LogP contribution < -0.4 is 10.5 Å². The van der Waals surface area contributed by atoms with E-state index < -0.39 is 39.1 Å². The van der Waals surface area contributed by atoms with Gasteiger partial charge in [0.1, 0.15) is 6.10 Å². The Bertz CT molecular complexity index is 759. The lowest BCUT2D eigenvalue weighted by Gasteiger charge is -2.33. The summed E-state index contributed by atoms with van der Waals surface area (Å²) in [5, 5.41) is 10.2. The van der Waals surface area contributed by atoms with Crippen molar-refractivity contribution in [3.05, 3.63) is 23.8 Å². The number of carbonyl (C=O) groups is 1. The summed E-state index contributed by atoms with van der Waals surface area (Å²) in [6, 6.07) is 3.54. The molecule has 0 aromatic heterocycles. The number of esters is 1. The summed E-state index contributed by atoms with van der Waals surface area (Å²) in [5.41, 5.74) is 5.38. The minimum Gasteiger partial charge on any atom is -0.504 e. The molecule has 3 N–H and O–H groups in total. The normalized spacial score (nSPS) is 15.4. The second-order valence-electron chi connectivity index (χ2n) is 8.48. The van der Waals surface area contributed by atoms with Crippen molar-refractivity contribution in [1.82, 2.24) is 0 Å². The zero-order chi connectivity index (χ0) is 20.5. The summed E-state index contributed by atoms with van der Waals surface area (Å²) >= 11 is 0. The van der Waals surface area contributed by atoms with Gasteiger partial charge in [0.05, 0.1) is 11.7 Å². The van der Waals surface area contributed by atoms with Crippen LogP contribution in [0.25, 0.3) is 0 Å². The Kier molecular flexibility index (Phi) is 6.50. The lowest BCUT2D eigenvalue weighted by molar-refractivity contribution is -0.143. The van der Waals surface area contributed by atoms with Gasteiger partial charge in [-0.1, -0.05) is 26.8 Å². The van der Waals surface area contributed by atoms with E-state index in [2.05, 4.69) is 0 Å². The summed E-state index contributed by atoms with van der Waals surface area (Å²) < 4.78 is 33.7. The van der Waals surface area contributed by atoms with Crippen LogP contribution in [-0.4, -0.2) is 31.8 Å². The van der Waals surface area contributed by atoms with E-state index in [0.29, 0.717) is 5.56 Å². The van der Waals surface area contributed by atoms with Gasteiger partial charge in [-0.25, -0.2) is 0 Å². The summed E-state index contributed by atoms with van der Waals surface area (Å²) in [4.78, 5) is 12.0. The first-order valence-electron chi connectivity index (χ1n) is 8.21. The second-order valence-corrected chi connectivity index (χ2v) is 10.1. The molecule has 0 saturated carbocycles. The van der Waals surface area contributed by atoms with E-state index in [0.717, 1.165) is 6.26 Å². The van der Waals surface area contributed by atoms with Crippen molar-refractivity contribution in [2.75, 3.05) is 6.26 Å². The van der Waals surface area contributed by atoms with Crippen molar-refractivity contribution in [2.45, 2.75) is 53.7 Å². The molecule has 26 heavy (non-hydrogen) atoms. The van der Waals surface area contributed by atoms with Gasteiger partial charge >= 0.3 is 5.97 Å². The van der Waals surface area contributed by atoms with Gasteiger partial charge in [0, 0.05) is 6.04 Å². The summed E-state index contributed by atoms with van der Waals surface area (Å²) in [6.45, 7) is 10.7. The van der Waals surface area contributed by atoms with Gasteiger partial charge in [-0.2, -0.15) is 8.42 Å². The number of benzene rings is 1. The molecule has 0 radical (unpaired) electrons. The maximum Gasteiger partial charge on any atom is 0.316 e. The van der Waals surface area contributed by atoms with Crippen LogP contribution in [0.15, 0.2) is 18.2 Å². The molecular weight excluding hydrogens is 358 g/mol. The van der Waals surface area contributed by atoms with Crippen LogP contribution in [-0.2, 0) is 19.1 Å². The SMILES string of the molecule is CC(C)(C)C(=O)Oc1ccc(C(OS(C)(=O)=O)C(N)C(C)(C)C)cc1O. The lowest BCUT2D eigenvalue weighted by Crippen LogP contribution is -2.42. The Labute approximate surface area is 155 Å². The number of phenols is 1. The molecule has 0 amide bonds. The quantitative estimate of drug-likeness (QED) is 0.453. The minimum atomic E-state index is -3.79. The van der Waals surface area contributed by atoms with Gasteiger partial charge < -0.3 is 15.6 Å². The van der Waals surface area contributed by atoms with E-state index in [-0.39, 0.29) is 11.5 Å². The molecule has 148 valence electrons. The van der Waals surface area contributed by atoms with E-state index in [4.69, 9.17) is 14.7 Å². The lowest BCUT2D eigenvalue weighted by atomic mass is 9.82. The van der Waals surface area contributed by atoms with Crippen molar-refractivity contribution in [3.8, 4) is 11.5 Å². The Morgan fingerprint density at radius 1 is 1.15 bits per heavy atom. The van der Waals surface area contributed by atoms with Crippen LogP contribution in [0.4, 0.5) is 0 Å². The van der Waals surface area contributed by atoms with Crippen molar-refractivity contribution in [2.24, 2.45) is 16.6 Å². The average Bonchev–Trinajstić information content (AvgIpc) is 2.43. The fourth-order valence-corrected chi connectivity index (χ4v) is 2.62. The number of hydrogen-bond acceptors (Lipinski definition) is 7. The number of ether oxygens (including phenoxy) is 1. The Morgan fingerprint density at radius 3 is 2.08 bits per heavy atom. The molecule has 0 heterocycles. The molecule has 0 saturated heterocycles. The van der Waals surface area contributed by atoms with Crippen molar-refractivity contribution in [1.29, 1.82) is 0 Å². The summed E-state index contributed by atoms with van der Waals surface area (Å²) in [5.74, 6) is -0.824. The third-order valence-electron chi connectivity index (χ3n) is 3.73. The number of rotatable bonds is 5. The molecule has 2 atom stereocenters. The monoisotopic (exact) mass is 387 g/mol. The van der Waals surface area contributed by atoms with Gasteiger partial charge in [-0.15, -0.1) is 0 Å². The van der Waals surface area contributed by atoms with Gasteiger partial charge in [-0.3, -0.25) is 8.98 Å². The van der Waals surface area contributed by atoms with Crippen molar-refractivity contribution < 1.29 is 27.2 Å². The fourth-order valence-electron chi connectivity index (χ4n) is 2.02. The van der Waals surface area contributed by atoms with E-state index in [9.17, 15) is 18.3 Å². The minimum absolute atomic E-state index is 0.0175. The maximum absolute atomic E-state index is 12.0. The first-order chi connectivity index (χ1) is 11.5. The highest BCUT2D eigenvalue weighted by Gasteiger charge is 2.34. The van der Waals surface area contributed by atoms with Crippen LogP contribution in [0.3, 0.4) is 0 Å². The van der Waals surface area contributed by atoms with Crippen LogP contribution in [0.5, 0.6) is 11.5 Å². The molecule has 0 spiro atoms. The molecule has 1 rings (SSSR count). The van der Waals surface area contributed by atoms with Crippen LogP contribution in [0, 0.1) is 10.8 Å². The van der Waals surface area contributed by atoms with Gasteiger partial charge in [-0.05, 0) is 43.9 Å². The molecule has 7 nitrogen and oxygen atoms in total. The van der Waals surface area contributed by atoms with Crippen LogP contribution >= 0.6 is 0 Å². The number of nitrogens with two attached hydrogens (primary N) is 1. The zero-order valence-electron chi connectivity index (χ0n) is 16.4. The Hall–Kier alpha value is -1.64. The third-order valence-corrected chi connectivity index (χ3v) is 4.29. The highest BCUT2D eigenvalue weighted by Crippen LogP contribution is 2.37. The predicted octanol–water partition coefficient (Wildman–Crippen LogP) is 2.73. The van der Waals surface area contributed by atoms with E-state index in [1.54, 1.807) is 20.8 Å². The molecule has 2 unspecified atom stereocenters. The second kappa shape index (κ2) is 7.54. The van der Waals surface area contributed by atoms with E-state index >= 15 is 0 Å². The first-order valence-corrected chi connectivity index (χ1v) is 10.0. The molecular formula is C18H29NO6S. The van der Waals surface area contributed by atoms with E-state index in [1.165, 1.54) is 18.2 Å². The molecule has 0 bridgehead atoms. The van der Waals surface area contributed by atoms with E-state index in [1.807, 2.05) is 20.8 Å². The predicted molar refractivity (Wildman–Crippen MR) is 99.3 cm³/mol. The molecule has 8 heteroatoms. The number of carbonyl (C=O) groups excluding carboxylic acids is 1. The molecule has 0 aliphatic carbocycles. The van der Waals surface area contributed by atoms with Gasteiger partial charge in [0.2, 0.25) is 0 Å². The van der Waals surface area contributed by atoms with Gasteiger partial charge in [0.15, 0.2) is 11.5 Å². The highest BCUT2D eigenvalue weighted by atomic mass is 32.2. The molecule has 0 aliphatic rings. The number of hydrogen-bond donors (Lipinski definition) is 2. The Balaban J connectivity index is 3.25. The van der Waals surface area contributed by atoms with Crippen molar-refractivity contribution in [3.63, 3.8) is 0 Å².